The van der Waals surface area contributed by atoms with E-state index in [1.165, 1.54) is 36.4 Å². The van der Waals surface area contributed by atoms with E-state index in [0.717, 1.165) is 0 Å². The largest absolute Gasteiger partial charge is 0.270 e. The van der Waals surface area contributed by atoms with Crippen molar-refractivity contribution in [3.8, 4) is 17.2 Å². The highest BCUT2D eigenvalue weighted by Gasteiger charge is 2.12. The summed E-state index contributed by atoms with van der Waals surface area (Å²) in [6, 6.07) is 11.4. The third-order valence-corrected chi connectivity index (χ3v) is 2.47. The Kier molecular flexibility index (Phi) is 3.02. The molecule has 0 spiro atoms. The lowest BCUT2D eigenvalue weighted by atomic mass is 9.99. The molecule has 0 atom stereocenters. The predicted molar refractivity (Wildman–Crippen MR) is 63.2 cm³/mol. The third-order valence-electron chi connectivity index (χ3n) is 2.47. The minimum absolute atomic E-state index is 0.131. The first-order valence-corrected chi connectivity index (χ1v) is 5.06. The molecular formula is C13H7FN2O2. The lowest BCUT2D eigenvalue weighted by Crippen LogP contribution is -1.91. The number of rotatable bonds is 2. The summed E-state index contributed by atoms with van der Waals surface area (Å²) < 4.78 is 13.1. The van der Waals surface area contributed by atoms with Gasteiger partial charge >= 0.3 is 0 Å². The van der Waals surface area contributed by atoms with Crippen molar-refractivity contribution < 1.29 is 9.31 Å². The molecule has 0 unspecified atom stereocenters. The monoisotopic (exact) mass is 242 g/mol. The molecule has 0 amide bonds. The Bertz CT molecular complexity index is 662. The van der Waals surface area contributed by atoms with Crippen molar-refractivity contribution in [3.63, 3.8) is 0 Å². The molecular weight excluding hydrogens is 235 g/mol. The van der Waals surface area contributed by atoms with Crippen molar-refractivity contribution in [1.82, 2.24) is 0 Å². The van der Waals surface area contributed by atoms with Crippen LogP contribution in [0.1, 0.15) is 5.56 Å². The second kappa shape index (κ2) is 4.63. The first-order valence-electron chi connectivity index (χ1n) is 5.06. The van der Waals surface area contributed by atoms with Crippen LogP contribution in [0.5, 0.6) is 0 Å². The van der Waals surface area contributed by atoms with Crippen LogP contribution >= 0.6 is 0 Å². The molecule has 88 valence electrons. The van der Waals surface area contributed by atoms with Crippen molar-refractivity contribution in [3.05, 3.63) is 64.0 Å². The molecule has 0 aromatic heterocycles. The van der Waals surface area contributed by atoms with Crippen LogP contribution < -0.4 is 0 Å². The van der Waals surface area contributed by atoms with E-state index in [0.29, 0.717) is 11.1 Å². The summed E-state index contributed by atoms with van der Waals surface area (Å²) in [7, 11) is 0. The smallest absolute Gasteiger partial charge is 0.258 e. The first kappa shape index (κ1) is 11.7. The topological polar surface area (TPSA) is 66.9 Å². The van der Waals surface area contributed by atoms with Crippen LogP contribution in [0.2, 0.25) is 0 Å². The zero-order chi connectivity index (χ0) is 13.1. The Labute approximate surface area is 102 Å². The van der Waals surface area contributed by atoms with Gasteiger partial charge in [-0.2, -0.15) is 5.26 Å². The summed E-state index contributed by atoms with van der Waals surface area (Å²) in [4.78, 5) is 10.1. The number of non-ortho nitro benzene ring substituents is 1. The molecule has 4 nitrogen and oxygen atoms in total. The maximum atomic E-state index is 13.1. The molecule has 2 rings (SSSR count). The van der Waals surface area contributed by atoms with Crippen LogP contribution in [0.25, 0.3) is 11.1 Å². The highest BCUT2D eigenvalue weighted by atomic mass is 19.1. The van der Waals surface area contributed by atoms with Gasteiger partial charge in [0.2, 0.25) is 0 Å². The van der Waals surface area contributed by atoms with Gasteiger partial charge in [-0.3, -0.25) is 10.1 Å². The second-order valence-corrected chi connectivity index (χ2v) is 3.61. The van der Waals surface area contributed by atoms with Gasteiger partial charge in [-0.15, -0.1) is 0 Å². The van der Waals surface area contributed by atoms with Gasteiger partial charge in [0.05, 0.1) is 16.6 Å². The summed E-state index contributed by atoms with van der Waals surface area (Å²) in [6.45, 7) is 0. The Hall–Kier alpha value is -2.74. The van der Waals surface area contributed by atoms with Crippen LogP contribution in [0.15, 0.2) is 42.5 Å². The van der Waals surface area contributed by atoms with E-state index in [-0.39, 0.29) is 11.3 Å². The Balaban J connectivity index is 2.65. The molecule has 0 saturated carbocycles. The fourth-order valence-electron chi connectivity index (χ4n) is 1.64. The van der Waals surface area contributed by atoms with Crippen LogP contribution in [-0.4, -0.2) is 4.92 Å². The second-order valence-electron chi connectivity index (χ2n) is 3.61. The van der Waals surface area contributed by atoms with E-state index in [4.69, 9.17) is 5.26 Å². The fourth-order valence-corrected chi connectivity index (χ4v) is 1.64. The van der Waals surface area contributed by atoms with E-state index in [1.807, 2.05) is 6.07 Å². The minimum atomic E-state index is -0.552. The van der Waals surface area contributed by atoms with E-state index >= 15 is 0 Å². The summed E-state index contributed by atoms with van der Waals surface area (Å²) in [5, 5.41) is 19.7. The van der Waals surface area contributed by atoms with Crippen molar-refractivity contribution in [2.75, 3.05) is 0 Å². The van der Waals surface area contributed by atoms with Crippen LogP contribution in [0.4, 0.5) is 10.1 Å². The van der Waals surface area contributed by atoms with Crippen molar-refractivity contribution in [2.24, 2.45) is 0 Å². The Morgan fingerprint density at radius 3 is 2.61 bits per heavy atom. The number of nitro groups is 1. The van der Waals surface area contributed by atoms with Gasteiger partial charge < -0.3 is 0 Å². The summed E-state index contributed by atoms with van der Waals surface area (Å²) in [6.07, 6.45) is 0. The highest BCUT2D eigenvalue weighted by Crippen LogP contribution is 2.27. The highest BCUT2D eigenvalue weighted by molar-refractivity contribution is 5.72. The molecule has 2 aromatic carbocycles. The molecule has 0 aliphatic heterocycles. The molecule has 0 aliphatic carbocycles. The minimum Gasteiger partial charge on any atom is -0.258 e. The van der Waals surface area contributed by atoms with Gasteiger partial charge in [0, 0.05) is 17.7 Å². The van der Waals surface area contributed by atoms with Crippen LogP contribution in [0.3, 0.4) is 0 Å². The van der Waals surface area contributed by atoms with Crippen molar-refractivity contribution in [2.45, 2.75) is 0 Å². The summed E-state index contributed by atoms with van der Waals surface area (Å²) in [5.41, 5.74) is 0.931. The van der Waals surface area contributed by atoms with Crippen molar-refractivity contribution >= 4 is 5.69 Å². The molecule has 18 heavy (non-hydrogen) atoms. The average molecular weight is 242 g/mol. The lowest BCUT2D eigenvalue weighted by Gasteiger charge is -2.04. The van der Waals surface area contributed by atoms with Crippen LogP contribution in [-0.2, 0) is 0 Å². The summed E-state index contributed by atoms with van der Waals surface area (Å²) in [5.74, 6) is -0.456. The fraction of sp³-hybridized carbons (Fsp3) is 0. The molecule has 5 heteroatoms. The van der Waals surface area contributed by atoms with Gasteiger partial charge in [-0.1, -0.05) is 12.1 Å². The predicted octanol–water partition coefficient (Wildman–Crippen LogP) is 3.27. The lowest BCUT2D eigenvalue weighted by molar-refractivity contribution is -0.384. The van der Waals surface area contributed by atoms with Gasteiger partial charge in [0.25, 0.3) is 5.69 Å². The maximum absolute atomic E-state index is 13.1. The molecule has 2 aromatic rings. The molecule has 0 saturated heterocycles. The van der Waals surface area contributed by atoms with Gasteiger partial charge in [-0.05, 0) is 23.8 Å². The molecule has 0 heterocycles. The molecule has 0 bridgehead atoms. The first-order chi connectivity index (χ1) is 8.61. The quantitative estimate of drug-likeness (QED) is 0.599. The normalized spacial score (nSPS) is 9.78. The molecule has 0 N–H and O–H groups in total. The molecule has 0 aliphatic rings. The number of nitrogens with zero attached hydrogens (tertiary/aromatic N) is 2. The number of hydrogen-bond donors (Lipinski definition) is 0. The average Bonchev–Trinajstić information content (AvgIpc) is 2.38. The van der Waals surface area contributed by atoms with E-state index < -0.39 is 10.7 Å². The van der Waals surface area contributed by atoms with E-state index in [1.54, 1.807) is 6.07 Å². The molecule has 0 radical (unpaired) electrons. The number of halogens is 1. The third kappa shape index (κ3) is 2.18. The number of benzene rings is 2. The van der Waals surface area contributed by atoms with Gasteiger partial charge in [-0.25, -0.2) is 4.39 Å². The molecule has 0 fully saturated rings. The zero-order valence-corrected chi connectivity index (χ0v) is 9.13. The van der Waals surface area contributed by atoms with E-state index in [2.05, 4.69) is 0 Å². The Morgan fingerprint density at radius 1 is 1.22 bits per heavy atom. The summed E-state index contributed by atoms with van der Waals surface area (Å²) >= 11 is 0. The number of nitriles is 1. The standard InChI is InChI=1S/C13H7FN2O2/c14-11-3-1-2-9(6-11)13-7-12(16(17)18)5-4-10(13)8-15/h1-7H. The SMILES string of the molecule is N#Cc1ccc([N+](=O)[O-])cc1-c1cccc(F)c1. The van der Waals surface area contributed by atoms with Crippen LogP contribution in [0, 0.1) is 27.3 Å². The van der Waals surface area contributed by atoms with Gasteiger partial charge in [0.1, 0.15) is 5.82 Å². The number of nitro benzene ring substituents is 1. The Morgan fingerprint density at radius 2 is 2.00 bits per heavy atom. The van der Waals surface area contributed by atoms with E-state index in [9.17, 15) is 14.5 Å². The maximum Gasteiger partial charge on any atom is 0.270 e. The van der Waals surface area contributed by atoms with Crippen molar-refractivity contribution in [1.29, 1.82) is 5.26 Å². The van der Waals surface area contributed by atoms with Gasteiger partial charge in [0.15, 0.2) is 0 Å². The number of hydrogen-bond acceptors (Lipinski definition) is 3. The zero-order valence-electron chi connectivity index (χ0n) is 9.13.